The van der Waals surface area contributed by atoms with Gasteiger partial charge in [0, 0.05) is 29.6 Å². The van der Waals surface area contributed by atoms with Crippen LogP contribution in [-0.4, -0.2) is 31.1 Å². The Morgan fingerprint density at radius 3 is 2.43 bits per heavy atom. The fourth-order valence-electron chi connectivity index (χ4n) is 1.88. The van der Waals surface area contributed by atoms with Gasteiger partial charge in [0.2, 0.25) is 0 Å². The normalized spacial score (nSPS) is 11.1. The van der Waals surface area contributed by atoms with Gasteiger partial charge in [-0.2, -0.15) is 0 Å². The topological polar surface area (TPSA) is 32.7 Å². The van der Waals surface area contributed by atoms with Crippen LogP contribution >= 0.6 is 22.9 Å². The third-order valence-electron chi connectivity index (χ3n) is 3.11. The third kappa shape index (κ3) is 3.52. The maximum absolute atomic E-state index is 12.7. The van der Waals surface area contributed by atoms with Gasteiger partial charge >= 0.3 is 0 Å². The van der Waals surface area contributed by atoms with Gasteiger partial charge in [0.1, 0.15) is 5.00 Å². The van der Waals surface area contributed by atoms with Crippen LogP contribution < -0.4 is 0 Å². The lowest BCUT2D eigenvalue weighted by atomic mass is 10.0. The van der Waals surface area contributed by atoms with Crippen molar-refractivity contribution in [2.75, 3.05) is 14.1 Å². The van der Waals surface area contributed by atoms with E-state index in [9.17, 15) is 4.79 Å². The van der Waals surface area contributed by atoms with E-state index in [2.05, 4.69) is 4.99 Å². The first kappa shape index (κ1) is 15.7. The number of rotatable bonds is 4. The van der Waals surface area contributed by atoms with Crippen molar-refractivity contribution in [1.82, 2.24) is 4.90 Å². The van der Waals surface area contributed by atoms with Crippen LogP contribution in [0, 0.1) is 13.8 Å². The molecule has 0 bridgehead atoms. The molecule has 0 amide bonds. The lowest BCUT2D eigenvalue weighted by Crippen LogP contribution is -2.07. The van der Waals surface area contributed by atoms with Crippen molar-refractivity contribution in [1.29, 1.82) is 0 Å². The van der Waals surface area contributed by atoms with Gasteiger partial charge in [0.15, 0.2) is 5.78 Å². The molecule has 0 aliphatic heterocycles. The van der Waals surface area contributed by atoms with Crippen molar-refractivity contribution >= 4 is 40.1 Å². The molecular weight excluding hydrogens is 304 g/mol. The van der Waals surface area contributed by atoms with Crippen LogP contribution in [0.1, 0.15) is 26.4 Å². The minimum Gasteiger partial charge on any atom is -0.369 e. The van der Waals surface area contributed by atoms with E-state index in [0.717, 1.165) is 15.4 Å². The molecule has 2 aromatic rings. The zero-order chi connectivity index (χ0) is 15.6. The SMILES string of the molecule is Cc1sc(/N=C/N(C)C)c(C(=O)c2ccc(Cl)cc2)c1C. The van der Waals surface area contributed by atoms with E-state index in [4.69, 9.17) is 11.6 Å². The quantitative estimate of drug-likeness (QED) is 0.473. The number of benzene rings is 1. The molecule has 0 saturated heterocycles. The van der Waals surface area contributed by atoms with E-state index in [0.29, 0.717) is 16.1 Å². The molecular formula is C16H17ClN2OS. The number of ketones is 1. The maximum Gasteiger partial charge on any atom is 0.196 e. The highest BCUT2D eigenvalue weighted by Crippen LogP contribution is 2.36. The van der Waals surface area contributed by atoms with Gasteiger partial charge in [-0.25, -0.2) is 4.99 Å². The van der Waals surface area contributed by atoms with Gasteiger partial charge in [0.25, 0.3) is 0 Å². The molecule has 5 heteroatoms. The first-order valence-corrected chi connectivity index (χ1v) is 7.70. The number of aryl methyl sites for hydroxylation is 1. The Morgan fingerprint density at radius 2 is 1.86 bits per heavy atom. The maximum atomic E-state index is 12.7. The Bertz CT molecular complexity index is 687. The average Bonchev–Trinajstić information content (AvgIpc) is 2.72. The number of hydrogen-bond acceptors (Lipinski definition) is 3. The van der Waals surface area contributed by atoms with Gasteiger partial charge in [-0.05, 0) is 43.7 Å². The Hall–Kier alpha value is -1.65. The molecule has 1 heterocycles. The molecule has 2 rings (SSSR count). The molecule has 1 aromatic carbocycles. The third-order valence-corrected chi connectivity index (χ3v) is 4.47. The van der Waals surface area contributed by atoms with E-state index < -0.39 is 0 Å². The fourth-order valence-corrected chi connectivity index (χ4v) is 3.00. The minimum absolute atomic E-state index is 0.0144. The number of carbonyl (C=O) groups is 1. The van der Waals surface area contributed by atoms with Crippen LogP contribution in [-0.2, 0) is 0 Å². The highest BCUT2D eigenvalue weighted by Gasteiger charge is 2.20. The predicted molar refractivity (Wildman–Crippen MR) is 90.5 cm³/mol. The van der Waals surface area contributed by atoms with Crippen molar-refractivity contribution in [2.45, 2.75) is 13.8 Å². The zero-order valence-corrected chi connectivity index (χ0v) is 14.0. The van der Waals surface area contributed by atoms with Crippen LogP contribution in [0.3, 0.4) is 0 Å². The summed E-state index contributed by atoms with van der Waals surface area (Å²) in [6.45, 7) is 3.97. The van der Waals surface area contributed by atoms with Crippen LogP contribution in [0.2, 0.25) is 5.02 Å². The number of aliphatic imine (C=N–C) groups is 1. The number of hydrogen-bond donors (Lipinski definition) is 0. The summed E-state index contributed by atoms with van der Waals surface area (Å²) < 4.78 is 0. The summed E-state index contributed by atoms with van der Waals surface area (Å²) in [5, 5.41) is 1.37. The number of carbonyl (C=O) groups excluding carboxylic acids is 1. The lowest BCUT2D eigenvalue weighted by Gasteiger charge is -2.05. The summed E-state index contributed by atoms with van der Waals surface area (Å²) in [7, 11) is 3.80. The van der Waals surface area contributed by atoms with Crippen molar-refractivity contribution in [2.24, 2.45) is 4.99 Å². The largest absolute Gasteiger partial charge is 0.369 e. The molecule has 3 nitrogen and oxygen atoms in total. The Morgan fingerprint density at radius 1 is 1.24 bits per heavy atom. The molecule has 0 saturated carbocycles. The smallest absolute Gasteiger partial charge is 0.196 e. The van der Waals surface area contributed by atoms with Gasteiger partial charge in [-0.1, -0.05) is 11.6 Å². The second-order valence-electron chi connectivity index (χ2n) is 5.01. The molecule has 0 fully saturated rings. The van der Waals surface area contributed by atoms with Crippen LogP contribution in [0.25, 0.3) is 0 Å². The number of thiophene rings is 1. The summed E-state index contributed by atoms with van der Waals surface area (Å²) >= 11 is 7.41. The number of halogens is 1. The van der Waals surface area contributed by atoms with E-state index >= 15 is 0 Å². The zero-order valence-electron chi connectivity index (χ0n) is 12.5. The minimum atomic E-state index is -0.0144. The second kappa shape index (κ2) is 6.41. The number of nitrogens with zero attached hydrogens (tertiary/aromatic N) is 2. The Labute approximate surface area is 133 Å². The molecule has 0 spiro atoms. The van der Waals surface area contributed by atoms with E-state index in [1.54, 1.807) is 30.6 Å². The van der Waals surface area contributed by atoms with Crippen LogP contribution in [0.5, 0.6) is 0 Å². The van der Waals surface area contributed by atoms with Gasteiger partial charge in [-0.3, -0.25) is 4.79 Å². The van der Waals surface area contributed by atoms with Gasteiger partial charge in [0.05, 0.1) is 11.9 Å². The molecule has 0 N–H and O–H groups in total. The molecule has 0 aliphatic carbocycles. The summed E-state index contributed by atoms with van der Waals surface area (Å²) in [5.74, 6) is -0.0144. The van der Waals surface area contributed by atoms with Crippen molar-refractivity contribution in [3.8, 4) is 0 Å². The summed E-state index contributed by atoms with van der Waals surface area (Å²) in [5.41, 5.74) is 2.30. The van der Waals surface area contributed by atoms with Crippen molar-refractivity contribution < 1.29 is 4.79 Å². The average molecular weight is 321 g/mol. The molecule has 0 radical (unpaired) electrons. The van der Waals surface area contributed by atoms with Crippen molar-refractivity contribution in [3.05, 3.63) is 50.9 Å². The van der Waals surface area contributed by atoms with Crippen LogP contribution in [0.15, 0.2) is 29.3 Å². The van der Waals surface area contributed by atoms with Gasteiger partial charge < -0.3 is 4.90 Å². The predicted octanol–water partition coefficient (Wildman–Crippen LogP) is 4.47. The molecule has 0 aliphatic rings. The standard InChI is InChI=1S/C16H17ClN2OS/c1-10-11(2)21-16(18-9-19(3)4)14(10)15(20)12-5-7-13(17)8-6-12/h5-9H,1-4H3/b18-9+. The van der Waals surface area contributed by atoms with Crippen molar-refractivity contribution in [3.63, 3.8) is 0 Å². The highest BCUT2D eigenvalue weighted by molar-refractivity contribution is 7.16. The first-order valence-electron chi connectivity index (χ1n) is 6.51. The Kier molecular flexibility index (Phi) is 4.80. The van der Waals surface area contributed by atoms with E-state index in [-0.39, 0.29) is 5.78 Å². The highest BCUT2D eigenvalue weighted by atomic mass is 35.5. The first-order chi connectivity index (χ1) is 9.90. The Balaban J connectivity index is 2.47. The summed E-state index contributed by atoms with van der Waals surface area (Å²) in [6, 6.07) is 6.95. The van der Waals surface area contributed by atoms with Gasteiger partial charge in [-0.15, -0.1) is 11.3 Å². The van der Waals surface area contributed by atoms with E-state index in [1.165, 1.54) is 11.3 Å². The fraction of sp³-hybridized carbons (Fsp3) is 0.250. The molecule has 21 heavy (non-hydrogen) atoms. The van der Waals surface area contributed by atoms with Crippen LogP contribution in [0.4, 0.5) is 5.00 Å². The lowest BCUT2D eigenvalue weighted by molar-refractivity contribution is 0.103. The van der Waals surface area contributed by atoms with E-state index in [1.807, 2.05) is 32.8 Å². The molecule has 0 unspecified atom stereocenters. The second-order valence-corrected chi connectivity index (χ2v) is 6.65. The molecule has 0 atom stereocenters. The summed E-state index contributed by atoms with van der Waals surface area (Å²) in [6.07, 6.45) is 1.71. The monoisotopic (exact) mass is 320 g/mol. The molecule has 110 valence electrons. The summed E-state index contributed by atoms with van der Waals surface area (Å²) in [4.78, 5) is 20.1. The molecule has 1 aromatic heterocycles.